The predicted molar refractivity (Wildman–Crippen MR) is 72.1 cm³/mol. The molecule has 1 aromatic carbocycles. The van der Waals surface area contributed by atoms with E-state index in [0.717, 1.165) is 0 Å². The fourth-order valence-electron chi connectivity index (χ4n) is 1.51. The molecule has 0 aromatic heterocycles. The standard InChI is InChI=1S/C13H19NO6/c1-17-11-7-9(10(14)8-12(11)18-2)13(16)20-6-5-19-4-3-15/h7-8,15H,3-6,14H2,1-2H3. The van der Waals surface area contributed by atoms with E-state index in [4.69, 9.17) is 29.8 Å². The molecule has 0 fully saturated rings. The molecule has 1 rings (SSSR count). The Labute approximate surface area is 117 Å². The number of aliphatic hydroxyl groups is 1. The molecule has 3 N–H and O–H groups in total. The molecule has 0 radical (unpaired) electrons. The van der Waals surface area contributed by atoms with E-state index >= 15 is 0 Å². The van der Waals surface area contributed by atoms with Gasteiger partial charge in [0.05, 0.1) is 45.3 Å². The molecule has 0 heterocycles. The molecule has 20 heavy (non-hydrogen) atoms. The van der Waals surface area contributed by atoms with Crippen LogP contribution in [0.15, 0.2) is 12.1 Å². The molecule has 0 spiro atoms. The molecule has 112 valence electrons. The number of anilines is 1. The molecule has 7 nitrogen and oxygen atoms in total. The van der Waals surface area contributed by atoms with Gasteiger partial charge in [-0.1, -0.05) is 0 Å². The normalized spacial score (nSPS) is 10.2. The summed E-state index contributed by atoms with van der Waals surface area (Å²) in [7, 11) is 2.94. The Bertz CT molecular complexity index is 449. The number of ether oxygens (including phenoxy) is 4. The molecule has 0 saturated carbocycles. The number of benzene rings is 1. The van der Waals surface area contributed by atoms with E-state index in [-0.39, 0.29) is 37.7 Å². The Kier molecular flexibility index (Phi) is 6.61. The zero-order valence-corrected chi connectivity index (χ0v) is 11.5. The van der Waals surface area contributed by atoms with Crippen molar-refractivity contribution in [3.63, 3.8) is 0 Å². The Balaban J connectivity index is 2.68. The Morgan fingerprint density at radius 1 is 1.15 bits per heavy atom. The Morgan fingerprint density at radius 3 is 2.40 bits per heavy atom. The summed E-state index contributed by atoms with van der Waals surface area (Å²) >= 11 is 0. The van der Waals surface area contributed by atoms with E-state index in [2.05, 4.69) is 0 Å². The molecule has 0 aliphatic heterocycles. The average Bonchev–Trinajstić information content (AvgIpc) is 2.46. The minimum atomic E-state index is -0.573. The third kappa shape index (κ3) is 4.29. The lowest BCUT2D eigenvalue weighted by atomic mass is 10.1. The first-order valence-electron chi connectivity index (χ1n) is 6.01. The van der Waals surface area contributed by atoms with Gasteiger partial charge in [0.2, 0.25) is 0 Å². The van der Waals surface area contributed by atoms with Crippen LogP contribution in [0.3, 0.4) is 0 Å². The zero-order chi connectivity index (χ0) is 15.0. The third-order valence-corrected chi connectivity index (χ3v) is 2.47. The second-order valence-electron chi connectivity index (χ2n) is 3.77. The molecule has 1 aromatic rings. The van der Waals surface area contributed by atoms with Gasteiger partial charge in [0, 0.05) is 12.1 Å². The van der Waals surface area contributed by atoms with Crippen molar-refractivity contribution in [3.05, 3.63) is 17.7 Å². The van der Waals surface area contributed by atoms with Crippen LogP contribution in [-0.2, 0) is 9.47 Å². The van der Waals surface area contributed by atoms with Crippen LogP contribution >= 0.6 is 0 Å². The topological polar surface area (TPSA) is 100 Å². The number of rotatable bonds is 8. The third-order valence-electron chi connectivity index (χ3n) is 2.47. The van der Waals surface area contributed by atoms with Crippen LogP contribution in [-0.4, -0.2) is 51.7 Å². The summed E-state index contributed by atoms with van der Waals surface area (Å²) in [6, 6.07) is 2.96. The van der Waals surface area contributed by atoms with Crippen molar-refractivity contribution in [1.29, 1.82) is 0 Å². The van der Waals surface area contributed by atoms with Crippen LogP contribution in [0.1, 0.15) is 10.4 Å². The highest BCUT2D eigenvalue weighted by molar-refractivity contribution is 5.96. The lowest BCUT2D eigenvalue weighted by Gasteiger charge is -2.12. The molecule has 0 aliphatic carbocycles. The highest BCUT2D eigenvalue weighted by Crippen LogP contribution is 2.32. The van der Waals surface area contributed by atoms with Crippen LogP contribution in [0, 0.1) is 0 Å². The van der Waals surface area contributed by atoms with Gasteiger partial charge in [-0.25, -0.2) is 4.79 Å². The van der Waals surface area contributed by atoms with Crippen molar-refractivity contribution < 1.29 is 28.8 Å². The number of methoxy groups -OCH3 is 2. The number of nitrogen functional groups attached to an aromatic ring is 1. The first kappa shape index (κ1) is 16.1. The maximum atomic E-state index is 11.9. The van der Waals surface area contributed by atoms with Crippen LogP contribution in [0.25, 0.3) is 0 Å². The van der Waals surface area contributed by atoms with Gasteiger partial charge in [-0.3, -0.25) is 0 Å². The van der Waals surface area contributed by atoms with Crippen LogP contribution in [0.4, 0.5) is 5.69 Å². The summed E-state index contributed by atoms with van der Waals surface area (Å²) in [5, 5.41) is 8.52. The van der Waals surface area contributed by atoms with Crippen molar-refractivity contribution in [3.8, 4) is 11.5 Å². The Hall–Kier alpha value is -1.99. The van der Waals surface area contributed by atoms with E-state index in [0.29, 0.717) is 11.5 Å². The number of esters is 1. The van der Waals surface area contributed by atoms with E-state index in [1.807, 2.05) is 0 Å². The van der Waals surface area contributed by atoms with E-state index in [1.54, 1.807) is 0 Å². The smallest absolute Gasteiger partial charge is 0.340 e. The molecule has 0 aliphatic rings. The maximum Gasteiger partial charge on any atom is 0.340 e. The summed E-state index contributed by atoms with van der Waals surface area (Å²) in [5.74, 6) is 0.258. The SMILES string of the molecule is COc1cc(N)c(C(=O)OCCOCCO)cc1OC. The quantitative estimate of drug-likeness (QED) is 0.406. The number of aliphatic hydroxyl groups excluding tert-OH is 1. The van der Waals surface area contributed by atoms with E-state index in [1.165, 1.54) is 26.4 Å². The highest BCUT2D eigenvalue weighted by Gasteiger charge is 2.16. The Morgan fingerprint density at radius 2 is 1.80 bits per heavy atom. The minimum Gasteiger partial charge on any atom is -0.493 e. The maximum absolute atomic E-state index is 11.9. The fraction of sp³-hybridized carbons (Fsp3) is 0.462. The second kappa shape index (κ2) is 8.23. The predicted octanol–water partition coefficient (Wildman–Crippen LogP) is 0.452. The average molecular weight is 285 g/mol. The van der Waals surface area contributed by atoms with Crippen molar-refractivity contribution in [2.45, 2.75) is 0 Å². The number of carbonyl (C=O) groups is 1. The first-order chi connectivity index (χ1) is 9.63. The summed E-state index contributed by atoms with van der Waals surface area (Å²) < 4.78 is 20.2. The van der Waals surface area contributed by atoms with Gasteiger partial charge in [0.25, 0.3) is 0 Å². The number of carbonyl (C=O) groups excluding carboxylic acids is 1. The van der Waals surface area contributed by atoms with Gasteiger partial charge in [0.15, 0.2) is 11.5 Å². The van der Waals surface area contributed by atoms with Gasteiger partial charge in [-0.15, -0.1) is 0 Å². The second-order valence-corrected chi connectivity index (χ2v) is 3.77. The van der Waals surface area contributed by atoms with Crippen molar-refractivity contribution >= 4 is 11.7 Å². The van der Waals surface area contributed by atoms with Gasteiger partial charge < -0.3 is 29.8 Å². The summed E-state index contributed by atoms with van der Waals surface area (Å²) in [6.07, 6.45) is 0. The number of hydrogen-bond acceptors (Lipinski definition) is 7. The lowest BCUT2D eigenvalue weighted by Crippen LogP contribution is -2.14. The molecular formula is C13H19NO6. The summed E-state index contributed by atoms with van der Waals surface area (Å²) in [6.45, 7) is 0.415. The lowest BCUT2D eigenvalue weighted by molar-refractivity contribution is 0.0259. The zero-order valence-electron chi connectivity index (χ0n) is 11.5. The molecular weight excluding hydrogens is 266 g/mol. The van der Waals surface area contributed by atoms with Gasteiger partial charge >= 0.3 is 5.97 Å². The highest BCUT2D eigenvalue weighted by atomic mass is 16.6. The van der Waals surface area contributed by atoms with Gasteiger partial charge in [-0.2, -0.15) is 0 Å². The molecule has 0 saturated heterocycles. The van der Waals surface area contributed by atoms with E-state index in [9.17, 15) is 4.79 Å². The largest absolute Gasteiger partial charge is 0.493 e. The van der Waals surface area contributed by atoms with Crippen LogP contribution < -0.4 is 15.2 Å². The molecule has 0 bridgehead atoms. The monoisotopic (exact) mass is 285 g/mol. The van der Waals surface area contributed by atoms with Crippen LogP contribution in [0.5, 0.6) is 11.5 Å². The van der Waals surface area contributed by atoms with Crippen molar-refractivity contribution in [1.82, 2.24) is 0 Å². The van der Waals surface area contributed by atoms with Crippen LogP contribution in [0.2, 0.25) is 0 Å². The number of nitrogens with two attached hydrogens (primary N) is 1. The molecule has 7 heteroatoms. The molecule has 0 atom stereocenters. The van der Waals surface area contributed by atoms with Gasteiger partial charge in [-0.05, 0) is 0 Å². The van der Waals surface area contributed by atoms with Crippen molar-refractivity contribution in [2.75, 3.05) is 46.4 Å². The summed E-state index contributed by atoms with van der Waals surface area (Å²) in [4.78, 5) is 11.9. The molecule has 0 unspecified atom stereocenters. The molecule has 0 amide bonds. The number of hydrogen-bond donors (Lipinski definition) is 2. The van der Waals surface area contributed by atoms with E-state index < -0.39 is 5.97 Å². The first-order valence-corrected chi connectivity index (χ1v) is 6.01. The minimum absolute atomic E-state index is 0.0728. The van der Waals surface area contributed by atoms with Gasteiger partial charge in [0.1, 0.15) is 6.61 Å². The fourth-order valence-corrected chi connectivity index (χ4v) is 1.51. The van der Waals surface area contributed by atoms with Crippen molar-refractivity contribution in [2.24, 2.45) is 0 Å². The summed E-state index contributed by atoms with van der Waals surface area (Å²) in [5.41, 5.74) is 6.21.